The summed E-state index contributed by atoms with van der Waals surface area (Å²) in [7, 11) is 8.44. The molecule has 4 heavy (non-hydrogen) atoms. The van der Waals surface area contributed by atoms with Gasteiger partial charge in [-0.05, 0) is 0 Å². The summed E-state index contributed by atoms with van der Waals surface area (Å²) in [6.45, 7) is 0. The van der Waals surface area contributed by atoms with Crippen molar-refractivity contribution >= 4 is 15.7 Å². The molecule has 0 aromatic heterocycles. The van der Waals surface area contributed by atoms with E-state index in [-0.39, 0.29) is 0 Å². The zero-order valence-corrected chi connectivity index (χ0v) is 2.11. The molecule has 0 aliphatic heterocycles. The second kappa shape index (κ2) is 1.39. The Morgan fingerprint density at radius 3 is 1.50 bits per heavy atom. The van der Waals surface area contributed by atoms with Crippen molar-refractivity contribution in [3.63, 3.8) is 0 Å². The minimum absolute atomic E-state index is 1.67. The molecule has 0 bridgehead atoms. The fourth-order valence-electron chi connectivity index (χ4n) is 0. The van der Waals surface area contributed by atoms with E-state index in [2.05, 4.69) is 15.7 Å². The standard InChI is InChI=1S/CHB2F/c2-1(3)4/h1H. The molecule has 3 heteroatoms. The van der Waals surface area contributed by atoms with Gasteiger partial charge in [-0.25, -0.2) is 0 Å². The van der Waals surface area contributed by atoms with Crippen LogP contribution < -0.4 is 0 Å². The molecule has 0 N–H and O–H groups in total. The van der Waals surface area contributed by atoms with Crippen LogP contribution >= 0.6 is 0 Å². The Hall–Kier alpha value is 0.0599. The summed E-state index contributed by atoms with van der Waals surface area (Å²) in [6.07, 6.45) is 0. The molecule has 0 heterocycles. The summed E-state index contributed by atoms with van der Waals surface area (Å²) in [5, 5.41) is 0. The SMILES string of the molecule is [B]C([B])F. The Balaban J connectivity index is 2.32. The number of alkyl halides is 1. The Morgan fingerprint density at radius 1 is 1.50 bits per heavy atom. The van der Waals surface area contributed by atoms with Crippen LogP contribution in [0, 0.1) is 0 Å². The van der Waals surface area contributed by atoms with Gasteiger partial charge >= 0.3 is 0 Å². The van der Waals surface area contributed by atoms with Crippen LogP contribution in [0.2, 0.25) is 0 Å². The molecule has 4 radical (unpaired) electrons. The lowest BCUT2D eigenvalue weighted by Crippen LogP contribution is -1.92. The monoisotopic (exact) mass is 54.0 g/mol. The molecule has 0 rings (SSSR count). The molecule has 0 nitrogen and oxygen atoms in total. The maximum Gasteiger partial charge on any atom is 0.102 e. The van der Waals surface area contributed by atoms with Gasteiger partial charge in [0.15, 0.2) is 0 Å². The molecular formula is CHB2F. The lowest BCUT2D eigenvalue weighted by atomic mass is 9.84. The number of hydrogen-bond donors (Lipinski definition) is 0. The fraction of sp³-hybridized carbons (Fsp3) is 1.00. The van der Waals surface area contributed by atoms with Crippen molar-refractivity contribution in [1.82, 2.24) is 0 Å². The number of rotatable bonds is 0. The van der Waals surface area contributed by atoms with Gasteiger partial charge < -0.3 is 0 Å². The zero-order valence-electron chi connectivity index (χ0n) is 2.11. The minimum atomic E-state index is -1.67. The lowest BCUT2D eigenvalue weighted by molar-refractivity contribution is 0.551. The predicted octanol–water partition coefficient (Wildman–Crippen LogP) is -0.424. The number of halogens is 1. The lowest BCUT2D eigenvalue weighted by Gasteiger charge is -1.74. The Bertz CT molecular complexity index is 10.8. The van der Waals surface area contributed by atoms with Crippen LogP contribution in [0.25, 0.3) is 0 Å². The van der Waals surface area contributed by atoms with Crippen LogP contribution in [0.15, 0.2) is 0 Å². The first-order valence-electron chi connectivity index (χ1n) is 0.885. The third-order valence-corrected chi connectivity index (χ3v) is 0. The topological polar surface area (TPSA) is 0 Å². The molecular weight excluding hydrogens is 52.6 g/mol. The summed E-state index contributed by atoms with van der Waals surface area (Å²) in [6, 6.07) is 0. The van der Waals surface area contributed by atoms with Crippen molar-refractivity contribution in [1.29, 1.82) is 0 Å². The van der Waals surface area contributed by atoms with Gasteiger partial charge in [-0.15, -0.1) is 0 Å². The van der Waals surface area contributed by atoms with Crippen LogP contribution in [0.5, 0.6) is 0 Å². The average molecular weight is 53.6 g/mol. The third kappa shape index (κ3) is 646. The van der Waals surface area contributed by atoms with Crippen molar-refractivity contribution in [2.24, 2.45) is 0 Å². The highest BCUT2D eigenvalue weighted by Crippen LogP contribution is 1.62. The van der Waals surface area contributed by atoms with Crippen molar-refractivity contribution in [3.8, 4) is 0 Å². The summed E-state index contributed by atoms with van der Waals surface area (Å²) in [5.74, 6) is -1.67. The van der Waals surface area contributed by atoms with Gasteiger partial charge in [0.25, 0.3) is 0 Å². The van der Waals surface area contributed by atoms with E-state index in [0.29, 0.717) is 0 Å². The van der Waals surface area contributed by atoms with Crippen LogP contribution in [0.3, 0.4) is 0 Å². The van der Waals surface area contributed by atoms with Crippen LogP contribution in [-0.2, 0) is 0 Å². The molecule has 0 aromatic rings. The Kier molecular flexibility index (Phi) is 1.41. The van der Waals surface area contributed by atoms with E-state index in [9.17, 15) is 4.39 Å². The highest BCUT2D eigenvalue weighted by atomic mass is 19.1. The van der Waals surface area contributed by atoms with Crippen molar-refractivity contribution in [2.75, 3.05) is 0 Å². The van der Waals surface area contributed by atoms with Crippen molar-refractivity contribution in [2.45, 2.75) is 5.97 Å². The quantitative estimate of drug-likeness (QED) is 0.329. The first-order chi connectivity index (χ1) is 1.73. The molecule has 0 aliphatic rings. The van der Waals surface area contributed by atoms with Gasteiger partial charge in [0, 0.05) is 5.97 Å². The van der Waals surface area contributed by atoms with E-state index in [4.69, 9.17) is 0 Å². The molecule has 0 saturated carbocycles. The van der Waals surface area contributed by atoms with Gasteiger partial charge in [-0.3, -0.25) is 4.39 Å². The second-order valence-electron chi connectivity index (χ2n) is 0.444. The normalized spacial score (nSPS) is 8.50. The fourth-order valence-corrected chi connectivity index (χ4v) is 0. The zero-order chi connectivity index (χ0) is 3.58. The predicted molar refractivity (Wildman–Crippen MR) is 16.4 cm³/mol. The van der Waals surface area contributed by atoms with Gasteiger partial charge in [0.05, 0.1) is 0 Å². The first-order valence-corrected chi connectivity index (χ1v) is 0.885. The van der Waals surface area contributed by atoms with Crippen LogP contribution in [-0.4, -0.2) is 21.7 Å². The highest BCUT2D eigenvalue weighted by molar-refractivity contribution is 6.34. The van der Waals surface area contributed by atoms with Crippen molar-refractivity contribution in [3.05, 3.63) is 0 Å². The van der Waals surface area contributed by atoms with Gasteiger partial charge in [-0.1, -0.05) is 0 Å². The molecule has 0 atom stereocenters. The maximum absolute atomic E-state index is 10.6. The van der Waals surface area contributed by atoms with Crippen molar-refractivity contribution < 1.29 is 4.39 Å². The smallest absolute Gasteiger partial charge is 0.102 e. The molecule has 0 fully saturated rings. The van der Waals surface area contributed by atoms with E-state index in [1.54, 1.807) is 0 Å². The molecule has 0 unspecified atom stereocenters. The maximum atomic E-state index is 10.6. The summed E-state index contributed by atoms with van der Waals surface area (Å²) >= 11 is 0. The average Bonchev–Trinajstić information content (AvgIpc) is 0.811. The largest absolute Gasteiger partial charge is 0.269 e. The van der Waals surface area contributed by atoms with E-state index < -0.39 is 5.97 Å². The van der Waals surface area contributed by atoms with E-state index in [1.807, 2.05) is 0 Å². The van der Waals surface area contributed by atoms with Gasteiger partial charge in [0.2, 0.25) is 0 Å². The number of hydrogen-bond acceptors (Lipinski definition) is 0. The molecule has 0 amide bonds. The summed E-state index contributed by atoms with van der Waals surface area (Å²) in [4.78, 5) is 0. The summed E-state index contributed by atoms with van der Waals surface area (Å²) < 4.78 is 10.6. The molecule has 0 aliphatic carbocycles. The van der Waals surface area contributed by atoms with E-state index in [0.717, 1.165) is 0 Å². The van der Waals surface area contributed by atoms with E-state index >= 15 is 0 Å². The second-order valence-corrected chi connectivity index (χ2v) is 0.444. The Labute approximate surface area is 27.2 Å². The highest BCUT2D eigenvalue weighted by Gasteiger charge is 1.74. The van der Waals surface area contributed by atoms with E-state index in [1.165, 1.54) is 0 Å². The first kappa shape index (κ1) is 4.06. The molecule has 18 valence electrons. The third-order valence-electron chi connectivity index (χ3n) is 0. The van der Waals surface area contributed by atoms with Gasteiger partial charge in [0.1, 0.15) is 15.7 Å². The van der Waals surface area contributed by atoms with Gasteiger partial charge in [-0.2, -0.15) is 0 Å². The molecule has 0 spiro atoms. The summed E-state index contributed by atoms with van der Waals surface area (Å²) in [5.41, 5.74) is 0. The van der Waals surface area contributed by atoms with Crippen LogP contribution in [0.4, 0.5) is 4.39 Å². The minimum Gasteiger partial charge on any atom is -0.269 e. The molecule has 0 saturated heterocycles. The molecule has 0 aromatic carbocycles. The van der Waals surface area contributed by atoms with Crippen LogP contribution in [0.1, 0.15) is 0 Å². The Morgan fingerprint density at radius 2 is 1.50 bits per heavy atom.